The van der Waals surface area contributed by atoms with Gasteiger partial charge >= 0.3 is 0 Å². The molecule has 38 heavy (non-hydrogen) atoms. The lowest BCUT2D eigenvalue weighted by molar-refractivity contribution is 0.0729. The number of fused-ring (bicyclic) bond motifs is 1. The third-order valence-electron chi connectivity index (χ3n) is 6.28. The fraction of sp³-hybridized carbons (Fsp3) is 0.417. The fourth-order valence-electron chi connectivity index (χ4n) is 4.35. The summed E-state index contributed by atoms with van der Waals surface area (Å²) >= 11 is -1.90. The van der Waals surface area contributed by atoms with Crippen molar-refractivity contribution in [2.75, 3.05) is 38.4 Å². The zero-order chi connectivity index (χ0) is 27.1. The van der Waals surface area contributed by atoms with Crippen LogP contribution in [0, 0.1) is 5.41 Å². The van der Waals surface area contributed by atoms with E-state index in [0.717, 1.165) is 5.56 Å². The van der Waals surface area contributed by atoms with Crippen LogP contribution in [-0.2, 0) is 25.9 Å². The summed E-state index contributed by atoms with van der Waals surface area (Å²) in [6.07, 6.45) is 0. The lowest BCUT2D eigenvalue weighted by atomic mass is 9.82. The van der Waals surface area contributed by atoms with Crippen molar-refractivity contribution in [3.05, 3.63) is 42.0 Å². The van der Waals surface area contributed by atoms with Gasteiger partial charge < -0.3 is 30.0 Å². The second kappa shape index (κ2) is 10.2. The molecule has 0 aliphatic carbocycles. The van der Waals surface area contributed by atoms with E-state index in [9.17, 15) is 17.7 Å². The average molecular weight is 564 g/mol. The first-order valence-corrected chi connectivity index (χ1v) is 14.5. The van der Waals surface area contributed by atoms with E-state index < -0.39 is 26.9 Å². The highest BCUT2D eigenvalue weighted by atomic mass is 32.2. The molecule has 0 bridgehead atoms. The molecule has 12 nitrogen and oxygen atoms in total. The monoisotopic (exact) mass is 563 g/mol. The Bertz CT molecular complexity index is 1430. The molecule has 0 radical (unpaired) electrons. The van der Waals surface area contributed by atoms with Gasteiger partial charge in [-0.25, -0.2) is 12.6 Å². The van der Waals surface area contributed by atoms with Crippen molar-refractivity contribution in [2.24, 2.45) is 14.2 Å². The third kappa shape index (κ3) is 5.21. The molecule has 3 aliphatic rings. The number of hydrogen-bond donors (Lipinski definition) is 3. The summed E-state index contributed by atoms with van der Waals surface area (Å²) in [5, 5.41) is 17.2. The minimum atomic E-state index is -3.96. The second-order valence-electron chi connectivity index (χ2n) is 9.96. The minimum absolute atomic E-state index is 0.0851. The van der Waals surface area contributed by atoms with Crippen LogP contribution in [0.3, 0.4) is 0 Å². The molecular weight excluding hydrogens is 534 g/mol. The zero-order valence-corrected chi connectivity index (χ0v) is 22.8. The highest BCUT2D eigenvalue weighted by Gasteiger charge is 2.33. The lowest BCUT2D eigenvalue weighted by Crippen LogP contribution is -2.41. The number of amidine groups is 2. The van der Waals surface area contributed by atoms with E-state index in [1.807, 2.05) is 39.0 Å². The van der Waals surface area contributed by atoms with Gasteiger partial charge in [-0.1, -0.05) is 32.9 Å². The van der Waals surface area contributed by atoms with E-state index in [1.54, 1.807) is 0 Å². The van der Waals surface area contributed by atoms with Crippen LogP contribution in [0.4, 0.5) is 5.69 Å². The number of aromatic hydroxyl groups is 1. The molecule has 0 aromatic heterocycles. The predicted molar refractivity (Wildman–Crippen MR) is 142 cm³/mol. The van der Waals surface area contributed by atoms with Crippen LogP contribution in [0.25, 0.3) is 0 Å². The molecule has 0 saturated carbocycles. The number of nitrogens with zero attached hydrogens (tertiary/aromatic N) is 3. The molecule has 2 aromatic carbocycles. The van der Waals surface area contributed by atoms with Crippen molar-refractivity contribution in [1.82, 2.24) is 9.62 Å². The molecule has 0 spiro atoms. The van der Waals surface area contributed by atoms with Gasteiger partial charge in [-0.3, -0.25) is 0 Å². The van der Waals surface area contributed by atoms with E-state index in [4.69, 9.17) is 14.2 Å². The van der Waals surface area contributed by atoms with E-state index >= 15 is 0 Å². The molecule has 3 heterocycles. The summed E-state index contributed by atoms with van der Waals surface area (Å²) in [7, 11) is -3.96. The Morgan fingerprint density at radius 2 is 1.76 bits per heavy atom. The van der Waals surface area contributed by atoms with E-state index in [0.29, 0.717) is 11.5 Å². The van der Waals surface area contributed by atoms with Crippen molar-refractivity contribution in [2.45, 2.75) is 31.7 Å². The molecule has 1 fully saturated rings. The molecule has 204 valence electrons. The van der Waals surface area contributed by atoms with Crippen molar-refractivity contribution in [3.8, 4) is 17.2 Å². The second-order valence-corrected chi connectivity index (χ2v) is 12.7. The first-order valence-electron chi connectivity index (χ1n) is 12.0. The Labute approximate surface area is 223 Å². The fourth-order valence-corrected chi connectivity index (χ4v) is 6.49. The van der Waals surface area contributed by atoms with E-state index in [-0.39, 0.29) is 66.8 Å². The Morgan fingerprint density at radius 1 is 1.05 bits per heavy atom. The number of ether oxygens (including phenoxy) is 3. The van der Waals surface area contributed by atoms with Gasteiger partial charge in [0.2, 0.25) is 16.8 Å². The predicted octanol–water partition coefficient (Wildman–Crippen LogP) is 2.32. The summed E-state index contributed by atoms with van der Waals surface area (Å²) < 4.78 is 64.3. The number of nitrogens with one attached hydrogen (secondary N) is 2. The highest BCUT2D eigenvalue weighted by Crippen LogP contribution is 2.39. The number of morpholine rings is 1. The standard InChI is InChI=1S/C24H29N5O7S2/c1-24(2,3)21(15-7-8-17-18(13-15)36-14-35-17)26-23-22(27-37(31)28-23)25-16-5-4-6-19(20(16)30)38(32,33)29-9-11-34-12-10-29/h4-8,13,21,30H,9-12,14H2,1-3H3,(H,25,27)(H,26,28)/t21-,37?/m0/s1. The zero-order valence-electron chi connectivity index (χ0n) is 21.1. The van der Waals surface area contributed by atoms with Gasteiger partial charge in [-0.05, 0) is 35.2 Å². The normalized spacial score (nSPS) is 20.6. The molecular formula is C24H29N5O7S2. The van der Waals surface area contributed by atoms with Crippen molar-refractivity contribution in [1.29, 1.82) is 0 Å². The summed E-state index contributed by atoms with van der Waals surface area (Å²) in [4.78, 5) is -0.247. The molecule has 2 aromatic rings. The van der Waals surface area contributed by atoms with Gasteiger partial charge in [-0.15, -0.1) is 8.80 Å². The van der Waals surface area contributed by atoms with Gasteiger partial charge in [0.15, 0.2) is 28.9 Å². The minimum Gasteiger partial charge on any atom is -0.504 e. The van der Waals surface area contributed by atoms with Crippen LogP contribution in [0.2, 0.25) is 0 Å². The van der Waals surface area contributed by atoms with Gasteiger partial charge in [-0.2, -0.15) is 4.31 Å². The van der Waals surface area contributed by atoms with Gasteiger partial charge in [0.05, 0.1) is 24.9 Å². The van der Waals surface area contributed by atoms with Crippen LogP contribution in [0.5, 0.6) is 17.2 Å². The molecule has 3 aliphatic heterocycles. The maximum Gasteiger partial charge on any atom is 0.269 e. The molecule has 1 saturated heterocycles. The maximum atomic E-state index is 13.2. The Hall–Kier alpha value is -3.20. The Morgan fingerprint density at radius 3 is 2.50 bits per heavy atom. The average Bonchev–Trinajstić information content (AvgIpc) is 3.48. The maximum absolute atomic E-state index is 13.2. The number of anilines is 1. The van der Waals surface area contributed by atoms with Crippen LogP contribution < -0.4 is 20.1 Å². The molecule has 3 N–H and O–H groups in total. The smallest absolute Gasteiger partial charge is 0.269 e. The van der Waals surface area contributed by atoms with Crippen LogP contribution in [0.1, 0.15) is 32.4 Å². The van der Waals surface area contributed by atoms with Crippen LogP contribution in [0.15, 0.2) is 50.1 Å². The number of hydrogen-bond acceptors (Lipinski definition) is 9. The molecule has 5 rings (SSSR count). The molecule has 0 amide bonds. The number of benzene rings is 2. The Kier molecular flexibility index (Phi) is 7.07. The Balaban J connectivity index is 1.41. The van der Waals surface area contributed by atoms with Crippen LogP contribution in [-0.4, -0.2) is 66.8 Å². The quantitative estimate of drug-likeness (QED) is 0.466. The van der Waals surface area contributed by atoms with Crippen molar-refractivity contribution < 1.29 is 31.9 Å². The summed E-state index contributed by atoms with van der Waals surface area (Å²) in [6.45, 7) is 7.23. The number of rotatable bonds is 5. The largest absolute Gasteiger partial charge is 0.504 e. The summed E-state index contributed by atoms with van der Waals surface area (Å²) in [5.74, 6) is 1.14. The van der Waals surface area contributed by atoms with Gasteiger partial charge in [0.1, 0.15) is 4.90 Å². The highest BCUT2D eigenvalue weighted by molar-refractivity contribution is 7.89. The van der Waals surface area contributed by atoms with Gasteiger partial charge in [0, 0.05) is 13.1 Å². The summed E-state index contributed by atoms with van der Waals surface area (Å²) in [6, 6.07) is 9.68. The lowest BCUT2D eigenvalue weighted by Gasteiger charge is -2.33. The number of phenols is 1. The molecule has 14 heteroatoms. The topological polar surface area (TPSA) is 151 Å². The molecule has 2 atom stereocenters. The molecule has 1 unspecified atom stereocenters. The summed E-state index contributed by atoms with van der Waals surface area (Å²) in [5.41, 5.74) is 0.657. The SMILES string of the molecule is CC(C)(C)[C@@H](NC1=NS(=O)N=C1Nc1cccc(S(=O)(=O)N2CCOCC2)c1O)c1ccc2c(c1)OCO2. The van der Waals surface area contributed by atoms with E-state index in [2.05, 4.69) is 19.4 Å². The number of phenolic OH excluding ortho intramolecular Hbond substituents is 1. The number of para-hydroxylation sites is 1. The third-order valence-corrected chi connectivity index (χ3v) is 8.89. The van der Waals surface area contributed by atoms with E-state index in [1.165, 1.54) is 22.5 Å². The first kappa shape index (κ1) is 26.4. The van der Waals surface area contributed by atoms with Crippen molar-refractivity contribution in [3.63, 3.8) is 0 Å². The first-order chi connectivity index (χ1) is 18.0. The van der Waals surface area contributed by atoms with Gasteiger partial charge in [0.25, 0.3) is 11.2 Å². The van der Waals surface area contributed by atoms with Crippen molar-refractivity contribution >= 4 is 38.6 Å². The number of sulfonamides is 1. The van der Waals surface area contributed by atoms with Crippen LogP contribution >= 0.6 is 0 Å².